The van der Waals surface area contributed by atoms with Crippen LogP contribution in [0.2, 0.25) is 0 Å². The van der Waals surface area contributed by atoms with Crippen molar-refractivity contribution < 1.29 is 0 Å². The van der Waals surface area contributed by atoms with Crippen LogP contribution in [0, 0.1) is 13.8 Å². The molecule has 3 aromatic rings. The summed E-state index contributed by atoms with van der Waals surface area (Å²) in [6.07, 6.45) is 0. The van der Waals surface area contributed by atoms with Gasteiger partial charge in [0.2, 0.25) is 0 Å². The van der Waals surface area contributed by atoms with Crippen LogP contribution in [-0.2, 0) is 0 Å². The molecule has 164 valence electrons. The molecule has 0 amide bonds. The number of aryl methyl sites for hydroxylation is 2. The van der Waals surface area contributed by atoms with Crippen molar-refractivity contribution in [3.8, 4) is 0 Å². The molecule has 31 heavy (non-hydrogen) atoms. The van der Waals surface area contributed by atoms with Crippen LogP contribution in [0.25, 0.3) is 0 Å². The van der Waals surface area contributed by atoms with Gasteiger partial charge in [0.25, 0.3) is 0 Å². The maximum atomic E-state index is 2.43. The molecule has 0 aliphatic carbocycles. The fraction of sp³-hybridized carbons (Fsp3) is 0.357. The van der Waals surface area contributed by atoms with E-state index in [0.29, 0.717) is 0 Å². The van der Waals surface area contributed by atoms with E-state index in [2.05, 4.69) is 118 Å². The van der Waals surface area contributed by atoms with E-state index in [1.165, 1.54) is 35.6 Å². The number of anilines is 2. The van der Waals surface area contributed by atoms with Crippen LogP contribution in [0.1, 0.15) is 38.8 Å². The van der Waals surface area contributed by atoms with Gasteiger partial charge in [-0.2, -0.15) is 0 Å². The topological polar surface area (TPSA) is 6.48 Å². The molecule has 0 unspecified atom stereocenters. The predicted molar refractivity (Wildman–Crippen MR) is 141 cm³/mol. The second-order valence-corrected chi connectivity index (χ2v) is 12.5. The number of nitrogens with zero attached hydrogens (tertiary/aromatic N) is 2. The average Bonchev–Trinajstić information content (AvgIpc) is 2.79. The molecule has 0 fully saturated rings. The quantitative estimate of drug-likeness (QED) is 0.420. The Morgan fingerprint density at radius 1 is 0.581 bits per heavy atom. The van der Waals surface area contributed by atoms with Crippen molar-refractivity contribution in [2.24, 2.45) is 0 Å². The summed E-state index contributed by atoms with van der Waals surface area (Å²) < 4.78 is 4.56. The van der Waals surface area contributed by atoms with E-state index in [4.69, 9.17) is 0 Å². The van der Waals surface area contributed by atoms with Crippen LogP contribution in [0.15, 0.2) is 66.7 Å². The normalized spacial score (nSPS) is 11.1. The summed E-state index contributed by atoms with van der Waals surface area (Å²) in [4.78, 5) is 4.86. The van der Waals surface area contributed by atoms with Gasteiger partial charge < -0.3 is 0 Å². The van der Waals surface area contributed by atoms with E-state index < -0.39 is 14.7 Å². The molecule has 0 radical (unpaired) electrons. The number of benzene rings is 3. The third-order valence-corrected chi connectivity index (χ3v) is 12.0. The molecule has 0 aliphatic heterocycles. The Hall–Kier alpha value is -2.18. The fourth-order valence-electron chi connectivity index (χ4n) is 4.34. The number of hydrogen-bond acceptors (Lipinski definition) is 2. The first-order valence-electron chi connectivity index (χ1n) is 11.6. The van der Waals surface area contributed by atoms with Crippen LogP contribution >= 0.6 is 0 Å². The summed E-state index contributed by atoms with van der Waals surface area (Å²) in [5, 5.41) is 0. The van der Waals surface area contributed by atoms with E-state index in [1.807, 2.05) is 0 Å². The van der Waals surface area contributed by atoms with E-state index in [9.17, 15) is 0 Å². The zero-order valence-electron chi connectivity index (χ0n) is 20.0. The Balaban J connectivity index is 2.11. The van der Waals surface area contributed by atoms with Gasteiger partial charge in [-0.05, 0) is 0 Å². The summed E-state index contributed by atoms with van der Waals surface area (Å²) in [6, 6.07) is 25.4. The summed E-state index contributed by atoms with van der Waals surface area (Å²) >= 11 is -1.65. The Morgan fingerprint density at radius 3 is 1.35 bits per heavy atom. The average molecular weight is 477 g/mol. The third-order valence-electron chi connectivity index (χ3n) is 6.11. The summed E-state index contributed by atoms with van der Waals surface area (Å²) in [7, 11) is 0. The number of rotatable bonds is 9. The van der Waals surface area contributed by atoms with Gasteiger partial charge in [0, 0.05) is 0 Å². The van der Waals surface area contributed by atoms with Crippen molar-refractivity contribution in [1.29, 1.82) is 0 Å². The van der Waals surface area contributed by atoms with E-state index in [1.54, 1.807) is 0 Å². The van der Waals surface area contributed by atoms with Crippen LogP contribution in [-0.4, -0.2) is 40.8 Å². The fourth-order valence-corrected chi connectivity index (χ4v) is 9.72. The SMILES string of the molecule is CCN(CC)c1ccc([As](c2ccccc2)c2ccc(N(CC)CC)cc2C)c(C)c1. The van der Waals surface area contributed by atoms with Crippen molar-refractivity contribution in [2.75, 3.05) is 36.0 Å². The van der Waals surface area contributed by atoms with Gasteiger partial charge >= 0.3 is 194 Å². The summed E-state index contributed by atoms with van der Waals surface area (Å²) in [6.45, 7) is 17.7. The molecular formula is C28H37AsN2. The molecule has 0 atom stereocenters. The summed E-state index contributed by atoms with van der Waals surface area (Å²) in [5.41, 5.74) is 5.50. The van der Waals surface area contributed by atoms with E-state index in [0.717, 1.165) is 26.2 Å². The molecule has 3 rings (SSSR count). The molecule has 0 heterocycles. The second-order valence-electron chi connectivity index (χ2n) is 7.96. The van der Waals surface area contributed by atoms with Crippen molar-refractivity contribution >= 4 is 39.1 Å². The van der Waals surface area contributed by atoms with Gasteiger partial charge in [-0.25, -0.2) is 0 Å². The first-order chi connectivity index (χ1) is 15.0. The minimum absolute atomic E-state index is 1.04. The zero-order valence-corrected chi connectivity index (χ0v) is 21.9. The Labute approximate surface area is 194 Å². The van der Waals surface area contributed by atoms with Gasteiger partial charge in [-0.3, -0.25) is 0 Å². The van der Waals surface area contributed by atoms with Crippen molar-refractivity contribution in [3.05, 3.63) is 77.9 Å². The van der Waals surface area contributed by atoms with Crippen molar-refractivity contribution in [1.82, 2.24) is 0 Å². The van der Waals surface area contributed by atoms with Gasteiger partial charge in [0.05, 0.1) is 0 Å². The van der Waals surface area contributed by atoms with Crippen LogP contribution in [0.4, 0.5) is 11.4 Å². The van der Waals surface area contributed by atoms with Gasteiger partial charge in [0.1, 0.15) is 0 Å². The molecule has 0 aliphatic rings. The van der Waals surface area contributed by atoms with Crippen molar-refractivity contribution in [3.63, 3.8) is 0 Å². The number of hydrogen-bond donors (Lipinski definition) is 0. The van der Waals surface area contributed by atoms with Crippen LogP contribution < -0.4 is 22.9 Å². The molecular weight excluding hydrogens is 439 g/mol. The second kappa shape index (κ2) is 10.9. The van der Waals surface area contributed by atoms with E-state index in [-0.39, 0.29) is 0 Å². The van der Waals surface area contributed by atoms with Gasteiger partial charge in [-0.1, -0.05) is 0 Å². The first kappa shape index (κ1) is 23.5. The molecule has 0 saturated carbocycles. The molecule has 3 aromatic carbocycles. The third kappa shape index (κ3) is 5.18. The monoisotopic (exact) mass is 476 g/mol. The summed E-state index contributed by atoms with van der Waals surface area (Å²) in [5.74, 6) is 0. The van der Waals surface area contributed by atoms with Gasteiger partial charge in [-0.15, -0.1) is 0 Å². The Kier molecular flexibility index (Phi) is 8.27. The maximum absolute atomic E-state index is 2.43. The Morgan fingerprint density at radius 2 is 1.00 bits per heavy atom. The molecule has 2 nitrogen and oxygen atoms in total. The molecule has 0 aromatic heterocycles. The molecule has 3 heteroatoms. The van der Waals surface area contributed by atoms with Crippen LogP contribution in [0.5, 0.6) is 0 Å². The van der Waals surface area contributed by atoms with Crippen molar-refractivity contribution in [2.45, 2.75) is 41.5 Å². The zero-order chi connectivity index (χ0) is 22.4. The first-order valence-corrected chi connectivity index (χ1v) is 14.4. The van der Waals surface area contributed by atoms with E-state index >= 15 is 0 Å². The molecule has 0 N–H and O–H groups in total. The molecule has 0 spiro atoms. The van der Waals surface area contributed by atoms with Crippen LogP contribution in [0.3, 0.4) is 0 Å². The Bertz CT molecular complexity index is 914. The van der Waals surface area contributed by atoms with Gasteiger partial charge in [0.15, 0.2) is 0 Å². The predicted octanol–water partition coefficient (Wildman–Crippen LogP) is 4.51. The standard InChI is InChI=1S/C28H37AsN2/c1-7-30(8-2)25-16-18-27(22(5)20-25)29(24-14-12-11-13-15-24)28-19-17-26(21-23(28)6)31(9-3)10-4/h11-21H,7-10H2,1-6H3. The molecule has 0 saturated heterocycles. The minimum atomic E-state index is -1.65. The molecule has 0 bridgehead atoms.